The maximum Gasteiger partial charge on any atom is 0.261 e. The normalized spacial score (nSPS) is 12.3. The topological polar surface area (TPSA) is 131 Å². The van der Waals surface area contributed by atoms with Gasteiger partial charge in [-0.25, -0.2) is 8.78 Å². The minimum Gasteiger partial charge on any atom is -0.400 e. The number of amides is 1. The average Bonchev–Trinajstić information content (AvgIpc) is 2.96. The molecule has 0 saturated heterocycles. The van der Waals surface area contributed by atoms with Crippen LogP contribution in [-0.4, -0.2) is 49.4 Å². The van der Waals surface area contributed by atoms with Gasteiger partial charge < -0.3 is 25.5 Å². The fourth-order valence-corrected chi connectivity index (χ4v) is 5.00. The molecule has 1 atom stereocenters. The Balaban J connectivity index is 0.000000766. The number of likely N-dealkylation sites (N-methyl/N-ethyl adjacent to an activating group) is 1. The number of hydrogen-bond acceptors (Lipinski definition) is 6. The number of aliphatic hydroxyl groups excluding tert-OH is 1. The molecule has 3 aromatic rings. The zero-order chi connectivity index (χ0) is 35.4. The third-order valence-electron chi connectivity index (χ3n) is 6.71. The van der Waals surface area contributed by atoms with E-state index in [9.17, 15) is 23.2 Å². The number of rotatable bonds is 8. The summed E-state index contributed by atoms with van der Waals surface area (Å²) in [7, 11) is 2.71. The summed E-state index contributed by atoms with van der Waals surface area (Å²) in [4.78, 5) is 41.5. The van der Waals surface area contributed by atoms with E-state index in [0.29, 0.717) is 29.5 Å². The highest BCUT2D eigenvalue weighted by molar-refractivity contribution is 6.30. The van der Waals surface area contributed by atoms with Crippen molar-refractivity contribution in [3.05, 3.63) is 91.9 Å². The van der Waals surface area contributed by atoms with Crippen LogP contribution in [0.15, 0.2) is 47.4 Å². The lowest BCUT2D eigenvalue weighted by Gasteiger charge is -2.27. The Labute approximate surface area is 276 Å². The molecular formula is C35H48ClF2N3O5. The number of nitrogens with two attached hydrogens (primary N) is 1. The van der Waals surface area contributed by atoms with E-state index in [4.69, 9.17) is 21.5 Å². The Kier molecular flexibility index (Phi) is 20.9. The zero-order valence-electron chi connectivity index (χ0n) is 27.8. The summed E-state index contributed by atoms with van der Waals surface area (Å²) in [6.45, 7) is 10.6. The van der Waals surface area contributed by atoms with Crippen LogP contribution in [0.1, 0.15) is 85.5 Å². The lowest BCUT2D eigenvalue weighted by atomic mass is 9.89. The summed E-state index contributed by atoms with van der Waals surface area (Å²) in [5.41, 5.74) is 7.67. The van der Waals surface area contributed by atoms with Crippen LogP contribution in [0.2, 0.25) is 5.02 Å². The van der Waals surface area contributed by atoms with Gasteiger partial charge in [0.05, 0.1) is 5.56 Å². The van der Waals surface area contributed by atoms with Gasteiger partial charge in [-0.05, 0) is 110 Å². The van der Waals surface area contributed by atoms with Gasteiger partial charge in [-0.3, -0.25) is 14.4 Å². The van der Waals surface area contributed by atoms with Crippen LogP contribution in [0.3, 0.4) is 0 Å². The van der Waals surface area contributed by atoms with E-state index in [1.807, 2.05) is 13.8 Å². The summed E-state index contributed by atoms with van der Waals surface area (Å²) in [6.07, 6.45) is 6.79. The molecule has 0 radical (unpaired) electrons. The predicted octanol–water partition coefficient (Wildman–Crippen LogP) is 6.55. The molecule has 2 aromatic carbocycles. The van der Waals surface area contributed by atoms with Crippen molar-refractivity contribution in [2.24, 2.45) is 11.7 Å². The Bertz CT molecular complexity index is 1420. The standard InChI is InChI=1S/C19H20ClF2NO.C10H11NO2.C4H10.CH3NO.CH4O/c1-11-6-15(20)7-12(2)18(11)14-8-16(19(22)17(21)9-14)13(4-5-24)10-23-3;12-7-8-3-2-6-11(10(8)13)9-4-1-5-9;1-4(2)3;2-1-3;1-2/h5-9,13,23H,4,10H2,1-3H3;2-3,6-7,9H,1,4-5H2;4H,1-3H3;1H,(H2,2,3);2H,1H3. The van der Waals surface area contributed by atoms with Crippen LogP contribution in [0, 0.1) is 31.4 Å². The van der Waals surface area contributed by atoms with Gasteiger partial charge in [-0.15, -0.1) is 0 Å². The van der Waals surface area contributed by atoms with Crippen LogP contribution < -0.4 is 16.6 Å². The smallest absolute Gasteiger partial charge is 0.261 e. The Hall–Kier alpha value is -3.73. The Morgan fingerprint density at radius 1 is 1.07 bits per heavy atom. The van der Waals surface area contributed by atoms with Crippen molar-refractivity contribution < 1.29 is 28.3 Å². The molecule has 1 saturated carbocycles. The molecule has 0 aliphatic heterocycles. The van der Waals surface area contributed by atoms with E-state index >= 15 is 0 Å². The Morgan fingerprint density at radius 2 is 1.61 bits per heavy atom. The second kappa shape index (κ2) is 22.7. The molecule has 1 heterocycles. The van der Waals surface area contributed by atoms with Gasteiger partial charge in [0.15, 0.2) is 17.9 Å². The summed E-state index contributed by atoms with van der Waals surface area (Å²) in [5.74, 6) is -1.40. The highest BCUT2D eigenvalue weighted by Gasteiger charge is 2.22. The van der Waals surface area contributed by atoms with E-state index in [1.54, 1.807) is 48.1 Å². The van der Waals surface area contributed by atoms with Gasteiger partial charge >= 0.3 is 0 Å². The lowest BCUT2D eigenvalue weighted by molar-refractivity contribution is -0.108. The molecule has 11 heteroatoms. The third kappa shape index (κ3) is 13.3. The fourth-order valence-electron chi connectivity index (χ4n) is 4.67. The molecule has 1 aliphatic carbocycles. The number of carbonyl (C=O) groups is 3. The van der Waals surface area contributed by atoms with E-state index in [-0.39, 0.29) is 29.5 Å². The van der Waals surface area contributed by atoms with Crippen molar-refractivity contribution in [2.45, 2.75) is 72.3 Å². The summed E-state index contributed by atoms with van der Waals surface area (Å²) >= 11 is 6.05. The van der Waals surface area contributed by atoms with Crippen molar-refractivity contribution in [1.82, 2.24) is 9.88 Å². The fraction of sp³-hybridized carbons (Fsp3) is 0.429. The molecular weight excluding hydrogens is 616 g/mol. The first kappa shape index (κ1) is 42.3. The first-order chi connectivity index (χ1) is 21.9. The number of pyridine rings is 1. The molecule has 0 spiro atoms. The van der Waals surface area contributed by atoms with E-state index < -0.39 is 17.6 Å². The Morgan fingerprint density at radius 3 is 2.04 bits per heavy atom. The van der Waals surface area contributed by atoms with Crippen LogP contribution >= 0.6 is 11.6 Å². The highest BCUT2D eigenvalue weighted by Crippen LogP contribution is 2.34. The minimum absolute atomic E-state index is 0.124. The van der Waals surface area contributed by atoms with Gasteiger partial charge in [-0.2, -0.15) is 0 Å². The van der Waals surface area contributed by atoms with Crippen molar-refractivity contribution >= 4 is 30.6 Å². The minimum atomic E-state index is -0.914. The van der Waals surface area contributed by atoms with E-state index in [0.717, 1.165) is 48.8 Å². The van der Waals surface area contributed by atoms with Crippen molar-refractivity contribution in [1.29, 1.82) is 0 Å². The number of aldehydes is 2. The number of nitrogens with zero attached hydrogens (tertiary/aromatic N) is 1. The van der Waals surface area contributed by atoms with E-state index in [2.05, 4.69) is 31.8 Å². The second-order valence-corrected chi connectivity index (χ2v) is 11.6. The maximum atomic E-state index is 14.3. The van der Waals surface area contributed by atoms with Crippen molar-refractivity contribution in [3.63, 3.8) is 0 Å². The molecule has 254 valence electrons. The van der Waals surface area contributed by atoms with Gasteiger partial charge in [0.25, 0.3) is 5.56 Å². The van der Waals surface area contributed by atoms with E-state index in [1.165, 1.54) is 12.5 Å². The number of nitrogens with one attached hydrogen (secondary N) is 1. The number of hydrogen-bond donors (Lipinski definition) is 3. The van der Waals surface area contributed by atoms with Gasteiger partial charge in [0.2, 0.25) is 6.41 Å². The number of aryl methyl sites for hydroxylation is 2. The van der Waals surface area contributed by atoms with Crippen LogP contribution in [-0.2, 0) is 9.59 Å². The average molecular weight is 664 g/mol. The number of benzene rings is 2. The molecule has 4 N–H and O–H groups in total. The van der Waals surface area contributed by atoms with Crippen LogP contribution in [0.25, 0.3) is 11.1 Å². The predicted molar refractivity (Wildman–Crippen MR) is 182 cm³/mol. The number of primary amides is 1. The molecule has 1 unspecified atom stereocenters. The molecule has 1 aromatic heterocycles. The monoisotopic (exact) mass is 663 g/mol. The van der Waals surface area contributed by atoms with Crippen LogP contribution in [0.5, 0.6) is 0 Å². The SMILES string of the molecule is CC(C)C.CNCC(CC=O)c1cc(-c2c(C)cc(Cl)cc2C)cc(F)c1F.CO.NC=O.O=Cc1cccn(C2CCC2)c1=O. The molecule has 1 aliphatic rings. The van der Waals surface area contributed by atoms with Gasteiger partial charge in [0, 0.05) is 43.3 Å². The number of carbonyl (C=O) groups excluding carboxylic acids is 3. The van der Waals surface area contributed by atoms with Crippen molar-refractivity contribution in [2.75, 3.05) is 20.7 Å². The summed E-state index contributed by atoms with van der Waals surface area (Å²) in [5, 5.41) is 10.5. The number of aromatic nitrogens is 1. The molecule has 1 fully saturated rings. The molecule has 46 heavy (non-hydrogen) atoms. The largest absolute Gasteiger partial charge is 0.400 e. The highest BCUT2D eigenvalue weighted by atomic mass is 35.5. The number of halogens is 3. The summed E-state index contributed by atoms with van der Waals surface area (Å²) in [6, 6.07) is 10.1. The zero-order valence-corrected chi connectivity index (χ0v) is 28.5. The molecule has 0 bridgehead atoms. The summed E-state index contributed by atoms with van der Waals surface area (Å²) < 4.78 is 30.2. The van der Waals surface area contributed by atoms with Crippen LogP contribution in [0.4, 0.5) is 8.78 Å². The quantitative estimate of drug-likeness (QED) is 0.234. The first-order valence-corrected chi connectivity index (χ1v) is 15.3. The first-order valence-electron chi connectivity index (χ1n) is 15.0. The van der Waals surface area contributed by atoms with Crippen molar-refractivity contribution in [3.8, 4) is 11.1 Å². The lowest BCUT2D eigenvalue weighted by Crippen LogP contribution is -2.30. The third-order valence-corrected chi connectivity index (χ3v) is 6.93. The number of aliphatic hydroxyl groups is 1. The molecule has 4 rings (SSSR count). The second-order valence-electron chi connectivity index (χ2n) is 11.2. The molecule has 8 nitrogen and oxygen atoms in total. The van der Waals surface area contributed by atoms with Gasteiger partial charge in [0.1, 0.15) is 6.29 Å². The maximum absolute atomic E-state index is 14.3. The van der Waals surface area contributed by atoms with Gasteiger partial charge in [-0.1, -0.05) is 32.4 Å². The molecule has 1 amide bonds.